The summed E-state index contributed by atoms with van der Waals surface area (Å²) >= 11 is 6.29. The van der Waals surface area contributed by atoms with E-state index in [0.29, 0.717) is 18.1 Å². The highest BCUT2D eigenvalue weighted by Crippen LogP contribution is 2.23. The lowest BCUT2D eigenvalue weighted by Crippen LogP contribution is -2.08. The van der Waals surface area contributed by atoms with Gasteiger partial charge in [-0.3, -0.25) is 9.36 Å². The van der Waals surface area contributed by atoms with Crippen LogP contribution < -0.4 is 0 Å². The average molecular weight is 337 g/mol. The lowest BCUT2D eigenvalue weighted by atomic mass is 10.3. The SMILES string of the molecule is CCc1nn(CC)c(Cn2cc(S(=O)(=O)Cl)cn2)c1Cl. The van der Waals surface area contributed by atoms with E-state index in [-0.39, 0.29) is 4.90 Å². The highest BCUT2D eigenvalue weighted by Gasteiger charge is 2.17. The molecule has 0 spiro atoms. The predicted molar refractivity (Wildman–Crippen MR) is 76.7 cm³/mol. The average Bonchev–Trinajstić information content (AvgIpc) is 2.96. The van der Waals surface area contributed by atoms with Gasteiger partial charge in [0.05, 0.1) is 29.2 Å². The first kappa shape index (κ1) is 15.3. The fourth-order valence-electron chi connectivity index (χ4n) is 1.88. The van der Waals surface area contributed by atoms with Gasteiger partial charge in [-0.25, -0.2) is 8.42 Å². The van der Waals surface area contributed by atoms with Crippen LogP contribution in [-0.2, 0) is 28.6 Å². The highest BCUT2D eigenvalue weighted by atomic mass is 35.7. The van der Waals surface area contributed by atoms with Crippen molar-refractivity contribution in [1.29, 1.82) is 0 Å². The van der Waals surface area contributed by atoms with Crippen LogP contribution >= 0.6 is 22.3 Å². The Bertz CT molecular complexity index is 721. The first-order chi connectivity index (χ1) is 9.36. The summed E-state index contributed by atoms with van der Waals surface area (Å²) in [7, 11) is 1.50. The van der Waals surface area contributed by atoms with E-state index >= 15 is 0 Å². The van der Waals surface area contributed by atoms with Crippen LogP contribution in [0.2, 0.25) is 5.02 Å². The van der Waals surface area contributed by atoms with Crippen LogP contribution in [-0.4, -0.2) is 28.0 Å². The highest BCUT2D eigenvalue weighted by molar-refractivity contribution is 8.13. The fourth-order valence-corrected chi connectivity index (χ4v) is 2.87. The molecule has 20 heavy (non-hydrogen) atoms. The van der Waals surface area contributed by atoms with Gasteiger partial charge in [0.1, 0.15) is 4.90 Å². The van der Waals surface area contributed by atoms with Crippen molar-refractivity contribution in [2.75, 3.05) is 0 Å². The van der Waals surface area contributed by atoms with E-state index < -0.39 is 9.05 Å². The molecule has 9 heteroatoms. The summed E-state index contributed by atoms with van der Waals surface area (Å²) in [5.74, 6) is 0. The third kappa shape index (κ3) is 2.99. The number of rotatable bonds is 5. The lowest BCUT2D eigenvalue weighted by Gasteiger charge is -2.05. The maximum Gasteiger partial charge on any atom is 0.264 e. The van der Waals surface area contributed by atoms with Crippen molar-refractivity contribution in [3.05, 3.63) is 28.8 Å². The molecule has 6 nitrogen and oxygen atoms in total. The van der Waals surface area contributed by atoms with Gasteiger partial charge < -0.3 is 0 Å². The molecule has 0 N–H and O–H groups in total. The normalized spacial score (nSPS) is 12.0. The molecule has 2 heterocycles. The zero-order chi connectivity index (χ0) is 14.9. The van der Waals surface area contributed by atoms with Gasteiger partial charge in [-0.2, -0.15) is 10.2 Å². The number of halogens is 2. The topological polar surface area (TPSA) is 69.8 Å². The molecule has 0 saturated carbocycles. The third-order valence-corrected chi connectivity index (χ3v) is 4.64. The molecule has 0 aliphatic rings. The summed E-state index contributed by atoms with van der Waals surface area (Å²) in [6, 6.07) is 0. The van der Waals surface area contributed by atoms with Gasteiger partial charge in [0, 0.05) is 23.4 Å². The summed E-state index contributed by atoms with van der Waals surface area (Å²) in [4.78, 5) is -0.0337. The molecule has 0 aliphatic carbocycles. The van der Waals surface area contributed by atoms with Crippen molar-refractivity contribution in [3.63, 3.8) is 0 Å². The van der Waals surface area contributed by atoms with Gasteiger partial charge >= 0.3 is 0 Å². The first-order valence-electron chi connectivity index (χ1n) is 6.08. The first-order valence-corrected chi connectivity index (χ1v) is 8.76. The second kappa shape index (κ2) is 5.75. The van der Waals surface area contributed by atoms with Crippen molar-refractivity contribution >= 4 is 31.3 Å². The van der Waals surface area contributed by atoms with Crippen LogP contribution in [0, 0.1) is 0 Å². The Balaban J connectivity index is 2.35. The molecule has 0 atom stereocenters. The predicted octanol–water partition coefficient (Wildman–Crippen LogP) is 2.29. The standard InChI is InChI=1S/C11H14Cl2N4O2S/c1-3-9-11(12)10(17(4-2)15-9)7-16-6-8(5-14-16)20(13,18)19/h5-6H,3-4,7H2,1-2H3. The second-order valence-corrected chi connectivity index (χ2v) is 7.13. The van der Waals surface area contributed by atoms with Crippen LogP contribution in [0.1, 0.15) is 25.2 Å². The fraction of sp³-hybridized carbons (Fsp3) is 0.455. The van der Waals surface area contributed by atoms with Crippen LogP contribution in [0.15, 0.2) is 17.3 Å². The van der Waals surface area contributed by atoms with E-state index in [0.717, 1.165) is 17.8 Å². The minimum atomic E-state index is -3.77. The van der Waals surface area contributed by atoms with Crippen molar-refractivity contribution < 1.29 is 8.42 Å². The Morgan fingerprint density at radius 1 is 1.35 bits per heavy atom. The van der Waals surface area contributed by atoms with E-state index in [1.165, 1.54) is 17.1 Å². The molecule has 2 rings (SSSR count). The molecule has 0 aromatic carbocycles. The van der Waals surface area contributed by atoms with Crippen molar-refractivity contribution in [3.8, 4) is 0 Å². The zero-order valence-corrected chi connectivity index (χ0v) is 13.4. The van der Waals surface area contributed by atoms with Crippen LogP contribution in [0.3, 0.4) is 0 Å². The Morgan fingerprint density at radius 2 is 2.05 bits per heavy atom. The summed E-state index contributed by atoms with van der Waals surface area (Å²) < 4.78 is 25.7. The number of hydrogen-bond acceptors (Lipinski definition) is 4. The largest absolute Gasteiger partial charge is 0.266 e. The van der Waals surface area contributed by atoms with E-state index in [9.17, 15) is 8.42 Å². The molecule has 2 aromatic rings. The van der Waals surface area contributed by atoms with Crippen LogP contribution in [0.25, 0.3) is 0 Å². The smallest absolute Gasteiger partial charge is 0.264 e. The molecule has 0 unspecified atom stereocenters. The quantitative estimate of drug-likeness (QED) is 0.785. The molecular weight excluding hydrogens is 323 g/mol. The molecule has 0 bridgehead atoms. The molecule has 2 aromatic heterocycles. The Labute approximate surface area is 126 Å². The molecule has 0 radical (unpaired) electrons. The Kier molecular flexibility index (Phi) is 4.41. The number of aromatic nitrogens is 4. The van der Waals surface area contributed by atoms with Gasteiger partial charge in [-0.05, 0) is 13.3 Å². The van der Waals surface area contributed by atoms with Crippen LogP contribution in [0.4, 0.5) is 0 Å². The molecule has 0 aliphatic heterocycles. The van der Waals surface area contributed by atoms with Crippen LogP contribution in [0.5, 0.6) is 0 Å². The molecular formula is C11H14Cl2N4O2S. The van der Waals surface area contributed by atoms with Gasteiger partial charge in [0.2, 0.25) is 0 Å². The molecule has 0 saturated heterocycles. The van der Waals surface area contributed by atoms with E-state index in [2.05, 4.69) is 10.2 Å². The van der Waals surface area contributed by atoms with Crippen molar-refractivity contribution in [1.82, 2.24) is 19.6 Å². The van der Waals surface area contributed by atoms with Gasteiger partial charge in [0.15, 0.2) is 0 Å². The molecule has 0 fully saturated rings. The Morgan fingerprint density at radius 3 is 2.55 bits per heavy atom. The van der Waals surface area contributed by atoms with E-state index in [1.54, 1.807) is 4.68 Å². The maximum atomic E-state index is 11.2. The molecule has 0 amide bonds. The monoisotopic (exact) mass is 336 g/mol. The third-order valence-electron chi connectivity index (χ3n) is 2.90. The lowest BCUT2D eigenvalue weighted by molar-refractivity contribution is 0.573. The minimum Gasteiger partial charge on any atom is -0.266 e. The van der Waals surface area contributed by atoms with Crippen molar-refractivity contribution in [2.45, 2.75) is 38.3 Å². The summed E-state index contributed by atoms with van der Waals surface area (Å²) in [5, 5.41) is 8.98. The van der Waals surface area contributed by atoms with Gasteiger partial charge in [-0.15, -0.1) is 0 Å². The second-order valence-electron chi connectivity index (χ2n) is 4.19. The summed E-state index contributed by atoms with van der Waals surface area (Å²) in [5.41, 5.74) is 1.62. The number of nitrogens with zero attached hydrogens (tertiary/aromatic N) is 4. The Hall–Kier alpha value is -1.05. The minimum absolute atomic E-state index is 0.0337. The van der Waals surface area contributed by atoms with E-state index in [1.807, 2.05) is 13.8 Å². The van der Waals surface area contributed by atoms with Gasteiger partial charge in [0.25, 0.3) is 9.05 Å². The van der Waals surface area contributed by atoms with Crippen molar-refractivity contribution in [2.24, 2.45) is 0 Å². The van der Waals surface area contributed by atoms with E-state index in [4.69, 9.17) is 22.3 Å². The van der Waals surface area contributed by atoms with Gasteiger partial charge in [-0.1, -0.05) is 18.5 Å². The summed E-state index contributed by atoms with van der Waals surface area (Å²) in [6.45, 7) is 4.96. The molecule has 110 valence electrons. The number of aryl methyl sites for hydroxylation is 2. The maximum absolute atomic E-state index is 11.2. The zero-order valence-electron chi connectivity index (χ0n) is 11.0. The summed E-state index contributed by atoms with van der Waals surface area (Å²) in [6.07, 6.45) is 3.32. The number of hydrogen-bond donors (Lipinski definition) is 0.